The Labute approximate surface area is 97.3 Å². The Kier molecular flexibility index (Phi) is 9.24. The van der Waals surface area contributed by atoms with Crippen LogP contribution < -0.4 is 0 Å². The molecule has 0 aromatic heterocycles. The molecule has 3 N–H and O–H groups in total. The molecule has 2 atom stereocenters. The predicted octanol–water partition coefficient (Wildman–Crippen LogP) is 1.93. The molecule has 4 nitrogen and oxygen atoms in total. The summed E-state index contributed by atoms with van der Waals surface area (Å²) in [6.45, 7) is 2.15. The van der Waals surface area contributed by atoms with E-state index in [1.807, 2.05) is 0 Å². The van der Waals surface area contributed by atoms with Crippen LogP contribution >= 0.6 is 0 Å². The molecule has 0 aliphatic rings. The first-order valence-corrected chi connectivity index (χ1v) is 6.14. The number of unbranched alkanes of at least 4 members (excludes halogenated alkanes) is 4. The van der Waals surface area contributed by atoms with Gasteiger partial charge >= 0.3 is 5.97 Å². The summed E-state index contributed by atoms with van der Waals surface area (Å²) in [6.07, 6.45) is 4.67. The lowest BCUT2D eigenvalue weighted by molar-refractivity contribution is -0.139. The molecule has 16 heavy (non-hydrogen) atoms. The van der Waals surface area contributed by atoms with Crippen LogP contribution in [0.5, 0.6) is 0 Å². The molecule has 0 saturated heterocycles. The highest BCUT2D eigenvalue weighted by Crippen LogP contribution is 2.11. The summed E-state index contributed by atoms with van der Waals surface area (Å²) < 4.78 is 0. The molecule has 0 rings (SSSR count). The summed E-state index contributed by atoms with van der Waals surface area (Å²) in [5.41, 5.74) is 0. The van der Waals surface area contributed by atoms with Gasteiger partial charge in [-0.15, -0.1) is 0 Å². The molecule has 96 valence electrons. The van der Waals surface area contributed by atoms with Gasteiger partial charge in [0.2, 0.25) is 0 Å². The smallest absolute Gasteiger partial charge is 0.305 e. The van der Waals surface area contributed by atoms with E-state index in [2.05, 4.69) is 6.92 Å². The van der Waals surface area contributed by atoms with Crippen molar-refractivity contribution in [1.29, 1.82) is 0 Å². The lowest BCUT2D eigenvalue weighted by atomic mass is 10.0. The molecule has 0 heterocycles. The van der Waals surface area contributed by atoms with Gasteiger partial charge in [0.05, 0.1) is 18.6 Å². The first-order chi connectivity index (χ1) is 7.56. The molecule has 0 radical (unpaired) electrons. The fraction of sp³-hybridized carbons (Fsp3) is 0.917. The third-order valence-corrected chi connectivity index (χ3v) is 2.60. The van der Waals surface area contributed by atoms with E-state index in [9.17, 15) is 15.0 Å². The van der Waals surface area contributed by atoms with Crippen molar-refractivity contribution in [2.24, 2.45) is 0 Å². The monoisotopic (exact) mass is 232 g/mol. The fourth-order valence-electron chi connectivity index (χ4n) is 1.70. The average Bonchev–Trinajstić information content (AvgIpc) is 2.15. The summed E-state index contributed by atoms with van der Waals surface area (Å²) in [4.78, 5) is 10.3. The Morgan fingerprint density at radius 1 is 1.06 bits per heavy atom. The zero-order chi connectivity index (χ0) is 12.4. The second kappa shape index (κ2) is 9.60. The third kappa shape index (κ3) is 9.93. The SMILES string of the molecule is CCCCCCCC(O)CC(O)CC(=O)O. The number of carbonyl (C=O) groups is 1. The van der Waals surface area contributed by atoms with Crippen molar-refractivity contribution in [2.45, 2.75) is 70.5 Å². The van der Waals surface area contributed by atoms with Crippen molar-refractivity contribution < 1.29 is 20.1 Å². The Bertz CT molecular complexity index is 182. The van der Waals surface area contributed by atoms with Crippen LogP contribution in [-0.2, 0) is 4.79 Å². The number of hydrogen-bond acceptors (Lipinski definition) is 3. The highest BCUT2D eigenvalue weighted by Gasteiger charge is 2.14. The van der Waals surface area contributed by atoms with Gasteiger partial charge in [0.15, 0.2) is 0 Å². The van der Waals surface area contributed by atoms with Gasteiger partial charge in [-0.2, -0.15) is 0 Å². The van der Waals surface area contributed by atoms with Gasteiger partial charge in [0, 0.05) is 0 Å². The maximum Gasteiger partial charge on any atom is 0.305 e. The quantitative estimate of drug-likeness (QED) is 0.503. The minimum absolute atomic E-state index is 0.167. The molecule has 0 spiro atoms. The fourth-order valence-corrected chi connectivity index (χ4v) is 1.70. The second-order valence-electron chi connectivity index (χ2n) is 4.34. The topological polar surface area (TPSA) is 77.8 Å². The van der Waals surface area contributed by atoms with Crippen LogP contribution in [0, 0.1) is 0 Å². The van der Waals surface area contributed by atoms with Gasteiger partial charge in [0.1, 0.15) is 0 Å². The van der Waals surface area contributed by atoms with Gasteiger partial charge in [-0.3, -0.25) is 4.79 Å². The zero-order valence-electron chi connectivity index (χ0n) is 10.1. The van der Waals surface area contributed by atoms with E-state index in [0.29, 0.717) is 6.42 Å². The molecule has 0 aliphatic carbocycles. The first-order valence-electron chi connectivity index (χ1n) is 6.14. The van der Waals surface area contributed by atoms with Crippen molar-refractivity contribution >= 4 is 5.97 Å². The second-order valence-corrected chi connectivity index (χ2v) is 4.34. The van der Waals surface area contributed by atoms with Crippen LogP contribution in [0.1, 0.15) is 58.3 Å². The van der Waals surface area contributed by atoms with E-state index in [-0.39, 0.29) is 12.8 Å². The van der Waals surface area contributed by atoms with Crippen LogP contribution in [0.4, 0.5) is 0 Å². The number of carboxylic acid groups (broad SMARTS) is 1. The minimum atomic E-state index is -1.03. The first kappa shape index (κ1) is 15.4. The van der Waals surface area contributed by atoms with E-state index in [1.165, 1.54) is 19.3 Å². The summed E-state index contributed by atoms with van der Waals surface area (Å²) in [5.74, 6) is -1.03. The Balaban J connectivity index is 3.42. The summed E-state index contributed by atoms with van der Waals surface area (Å²) in [5, 5.41) is 27.3. The van der Waals surface area contributed by atoms with E-state index in [1.54, 1.807) is 0 Å². The van der Waals surface area contributed by atoms with Crippen LogP contribution in [-0.4, -0.2) is 33.5 Å². The lowest BCUT2D eigenvalue weighted by Crippen LogP contribution is -2.20. The molecule has 0 aromatic carbocycles. The summed E-state index contributed by atoms with van der Waals surface area (Å²) in [6, 6.07) is 0. The van der Waals surface area contributed by atoms with Crippen LogP contribution in [0.15, 0.2) is 0 Å². The van der Waals surface area contributed by atoms with Crippen molar-refractivity contribution in [3.05, 3.63) is 0 Å². The Hall–Kier alpha value is -0.610. The van der Waals surface area contributed by atoms with Gasteiger partial charge in [-0.1, -0.05) is 39.0 Å². The van der Waals surface area contributed by atoms with E-state index < -0.39 is 18.2 Å². The standard InChI is InChI=1S/C12H24O4/c1-2-3-4-5-6-7-10(13)8-11(14)9-12(15)16/h10-11,13-14H,2-9H2,1H3,(H,15,16). The predicted molar refractivity (Wildman–Crippen MR) is 62.3 cm³/mol. The number of carboxylic acids is 1. The summed E-state index contributed by atoms with van der Waals surface area (Å²) >= 11 is 0. The number of aliphatic hydroxyl groups excluding tert-OH is 2. The van der Waals surface area contributed by atoms with Crippen molar-refractivity contribution in [2.75, 3.05) is 0 Å². The van der Waals surface area contributed by atoms with E-state index >= 15 is 0 Å². The largest absolute Gasteiger partial charge is 0.481 e. The van der Waals surface area contributed by atoms with Crippen LogP contribution in [0.25, 0.3) is 0 Å². The molecular formula is C12H24O4. The lowest BCUT2D eigenvalue weighted by Gasteiger charge is -2.13. The number of hydrogen-bond donors (Lipinski definition) is 3. The Morgan fingerprint density at radius 2 is 1.69 bits per heavy atom. The molecule has 4 heteroatoms. The van der Waals surface area contributed by atoms with E-state index in [4.69, 9.17) is 5.11 Å². The number of aliphatic carboxylic acids is 1. The van der Waals surface area contributed by atoms with Crippen LogP contribution in [0.3, 0.4) is 0 Å². The maximum atomic E-state index is 10.3. The van der Waals surface area contributed by atoms with Gasteiger partial charge in [0.25, 0.3) is 0 Å². The third-order valence-electron chi connectivity index (χ3n) is 2.60. The van der Waals surface area contributed by atoms with Gasteiger partial charge in [-0.25, -0.2) is 0 Å². The molecule has 2 unspecified atom stereocenters. The highest BCUT2D eigenvalue weighted by molar-refractivity contribution is 5.67. The van der Waals surface area contributed by atoms with E-state index in [0.717, 1.165) is 12.8 Å². The molecule has 0 aromatic rings. The zero-order valence-corrected chi connectivity index (χ0v) is 10.1. The highest BCUT2D eigenvalue weighted by atomic mass is 16.4. The normalized spacial score (nSPS) is 14.7. The Morgan fingerprint density at radius 3 is 2.25 bits per heavy atom. The average molecular weight is 232 g/mol. The molecule has 0 aliphatic heterocycles. The summed E-state index contributed by atoms with van der Waals surface area (Å²) in [7, 11) is 0. The van der Waals surface area contributed by atoms with Gasteiger partial charge in [-0.05, 0) is 12.8 Å². The molecule has 0 amide bonds. The van der Waals surface area contributed by atoms with Gasteiger partial charge < -0.3 is 15.3 Å². The van der Waals surface area contributed by atoms with Crippen LogP contribution in [0.2, 0.25) is 0 Å². The van der Waals surface area contributed by atoms with Crippen molar-refractivity contribution in [3.8, 4) is 0 Å². The number of aliphatic hydroxyl groups is 2. The maximum absolute atomic E-state index is 10.3. The molecule has 0 saturated carbocycles. The number of rotatable bonds is 10. The van der Waals surface area contributed by atoms with Crippen molar-refractivity contribution in [1.82, 2.24) is 0 Å². The molecule has 0 bridgehead atoms. The van der Waals surface area contributed by atoms with Crippen molar-refractivity contribution in [3.63, 3.8) is 0 Å². The molecular weight excluding hydrogens is 208 g/mol. The molecule has 0 fully saturated rings. The minimum Gasteiger partial charge on any atom is -0.481 e.